The van der Waals surface area contributed by atoms with Crippen LogP contribution in [0.5, 0.6) is 0 Å². The van der Waals surface area contributed by atoms with E-state index < -0.39 is 48.0 Å². The summed E-state index contributed by atoms with van der Waals surface area (Å²) in [6, 6.07) is -3.00. The highest BCUT2D eigenvalue weighted by molar-refractivity contribution is 7.98. The van der Waals surface area contributed by atoms with Crippen LogP contribution in [-0.2, 0) is 19.2 Å². The Kier molecular flexibility index (Phi) is 31.6. The normalized spacial score (nSPS) is 13.2. The summed E-state index contributed by atoms with van der Waals surface area (Å²) < 4.78 is 0. The Labute approximate surface area is 207 Å². The van der Waals surface area contributed by atoms with E-state index in [4.69, 9.17) is 43.4 Å². The Bertz CT molecular complexity index is 476. The molecule has 32 heavy (non-hydrogen) atoms. The molecule has 0 aliphatic heterocycles. The van der Waals surface area contributed by atoms with Gasteiger partial charge in [-0.3, -0.25) is 19.2 Å². The summed E-state index contributed by atoms with van der Waals surface area (Å²) in [4.78, 5) is 39.7. The number of carbonyl (C=O) groups is 4. The molecule has 16 heteroatoms. The van der Waals surface area contributed by atoms with Crippen molar-refractivity contribution in [2.45, 2.75) is 37.0 Å². The van der Waals surface area contributed by atoms with Crippen LogP contribution in [0.3, 0.4) is 0 Å². The van der Waals surface area contributed by atoms with Gasteiger partial charge in [-0.2, -0.15) is 48.8 Å². The van der Waals surface area contributed by atoms with Crippen molar-refractivity contribution < 1.29 is 39.6 Å². The quantitative estimate of drug-likeness (QED) is 0.131. The van der Waals surface area contributed by atoms with Crippen molar-refractivity contribution in [3.8, 4) is 0 Å². The first-order valence-corrected chi connectivity index (χ1v) is 12.9. The minimum absolute atomic E-state index is 0.190. The van der Waals surface area contributed by atoms with Crippen LogP contribution in [0, 0.1) is 0 Å². The van der Waals surface area contributed by atoms with E-state index >= 15 is 0 Å². The van der Waals surface area contributed by atoms with E-state index in [-0.39, 0.29) is 11.5 Å². The van der Waals surface area contributed by atoms with E-state index in [1.165, 1.54) is 0 Å². The lowest BCUT2D eigenvalue weighted by Crippen LogP contribution is -2.31. The minimum Gasteiger partial charge on any atom is -0.480 e. The molecule has 0 heterocycles. The zero-order valence-electron chi connectivity index (χ0n) is 18.0. The summed E-state index contributed by atoms with van der Waals surface area (Å²) in [5.41, 5.74) is 20.3. The summed E-state index contributed by atoms with van der Waals surface area (Å²) in [5.74, 6) is -1.83. The van der Waals surface area contributed by atoms with Crippen molar-refractivity contribution in [1.82, 2.24) is 0 Å². The van der Waals surface area contributed by atoms with E-state index in [1.807, 2.05) is 12.5 Å². The number of nitrogens with two attached hydrogens (primary N) is 4. The topological polar surface area (TPSA) is 253 Å². The summed E-state index contributed by atoms with van der Waals surface area (Å²) in [6.45, 7) is 0. The maximum Gasteiger partial charge on any atom is 0.321 e. The van der Waals surface area contributed by atoms with Crippen molar-refractivity contribution in [2.24, 2.45) is 22.9 Å². The van der Waals surface area contributed by atoms with Gasteiger partial charge < -0.3 is 43.4 Å². The first kappa shape index (κ1) is 38.4. The third kappa shape index (κ3) is 31.3. The molecule has 0 aromatic heterocycles. The molecule has 0 unspecified atom stereocenters. The zero-order valence-corrected chi connectivity index (χ0v) is 21.4. The van der Waals surface area contributed by atoms with Crippen molar-refractivity contribution in [1.29, 1.82) is 0 Å². The van der Waals surface area contributed by atoms with Crippen molar-refractivity contribution >= 4 is 72.7 Å². The Morgan fingerprint density at radius 1 is 0.625 bits per heavy atom. The maximum atomic E-state index is 10.1. The predicted octanol–water partition coefficient (Wildman–Crippen LogP) is -1.04. The molecular formula is C16H36N4O8S4. The fourth-order valence-electron chi connectivity index (χ4n) is 0.893. The average Bonchev–Trinajstić information content (AvgIpc) is 2.75. The summed E-state index contributed by atoms with van der Waals surface area (Å²) in [5, 5.41) is 32.6. The molecule has 0 bridgehead atoms. The number of rotatable bonds is 12. The second-order valence-corrected chi connectivity index (χ2v) is 8.41. The molecule has 0 saturated carbocycles. The lowest BCUT2D eigenvalue weighted by molar-refractivity contribution is -0.139. The Hall–Kier alpha value is -0.880. The molecule has 0 aromatic carbocycles. The number of aliphatic carboxylic acids is 4. The summed E-state index contributed by atoms with van der Waals surface area (Å²) in [6.07, 6.45) is 4.95. The van der Waals surface area contributed by atoms with Gasteiger partial charge in [0.05, 0.1) is 0 Å². The van der Waals surface area contributed by atoms with Crippen LogP contribution in [0.1, 0.15) is 12.8 Å². The lowest BCUT2D eigenvalue weighted by atomic mass is 10.2. The van der Waals surface area contributed by atoms with Gasteiger partial charge in [0.15, 0.2) is 0 Å². The third-order valence-corrected chi connectivity index (χ3v) is 5.00. The van der Waals surface area contributed by atoms with Crippen LogP contribution in [0.4, 0.5) is 0 Å². The molecule has 0 spiro atoms. The molecule has 0 aromatic rings. The van der Waals surface area contributed by atoms with Gasteiger partial charge >= 0.3 is 23.9 Å². The SMILES string of the molecule is C[35S]CC[C@H](N)C(=O)O.C[35S]CC[C@H](N)C(=O)O.N[C@@H](CS)C(=O)O.N[C@@H](CS)C(=O)O. The largest absolute Gasteiger partial charge is 0.480 e. The van der Waals surface area contributed by atoms with Gasteiger partial charge in [0.1, 0.15) is 24.2 Å². The molecule has 192 valence electrons. The van der Waals surface area contributed by atoms with Crippen LogP contribution >= 0.6 is 48.8 Å². The molecule has 12 nitrogen and oxygen atoms in total. The molecular weight excluding hydrogens is 510 g/mol. The van der Waals surface area contributed by atoms with Crippen LogP contribution in [0.15, 0.2) is 0 Å². The molecule has 0 saturated heterocycles. The van der Waals surface area contributed by atoms with Crippen LogP contribution < -0.4 is 22.9 Å². The standard InChI is InChI=1S/2C5H11NO2S.2C3H7NO2S/c2*1-9-3-2-4(6)5(7)8;2*4-2(1-7)3(5)6/h2*4H,2-3,6H2,1H3,(H,7,8);2*2,7H,1,4H2,(H,5,6)/t2*4-;2*2-/m0000/s1/i2*9+3;;. The highest BCUT2D eigenvalue weighted by atomic mass is 35.1. The molecule has 0 aliphatic rings. The fraction of sp³-hybridized carbons (Fsp3) is 0.750. The van der Waals surface area contributed by atoms with Crippen LogP contribution in [0.25, 0.3) is 0 Å². The molecule has 0 fully saturated rings. The van der Waals surface area contributed by atoms with E-state index in [9.17, 15) is 19.2 Å². The monoisotopic (exact) mass is 546 g/mol. The van der Waals surface area contributed by atoms with E-state index in [0.29, 0.717) is 12.8 Å². The third-order valence-electron chi connectivity index (χ3n) is 2.93. The number of carboxylic acid groups (broad SMARTS) is 4. The fourth-order valence-corrected chi connectivity index (χ4v) is 2.18. The summed E-state index contributed by atoms with van der Waals surface area (Å²) in [7, 11) is 0. The van der Waals surface area contributed by atoms with Crippen LogP contribution in [-0.4, -0.2) is 104 Å². The number of thioether (sulfide) groups is 2. The van der Waals surface area contributed by atoms with Crippen molar-refractivity contribution in [2.75, 3.05) is 35.5 Å². The lowest BCUT2D eigenvalue weighted by Gasteiger charge is -2.02. The summed E-state index contributed by atoms with van der Waals surface area (Å²) >= 11 is 10.5. The molecule has 0 radical (unpaired) electrons. The number of carboxylic acids is 4. The highest BCUT2D eigenvalue weighted by Crippen LogP contribution is 1.98. The molecule has 0 rings (SSSR count). The van der Waals surface area contributed by atoms with Crippen molar-refractivity contribution in [3.05, 3.63) is 0 Å². The van der Waals surface area contributed by atoms with Gasteiger partial charge in [-0.15, -0.1) is 0 Å². The van der Waals surface area contributed by atoms with E-state index in [0.717, 1.165) is 11.5 Å². The average molecular weight is 547 g/mol. The van der Waals surface area contributed by atoms with Gasteiger partial charge in [-0.1, -0.05) is 0 Å². The van der Waals surface area contributed by atoms with E-state index in [1.54, 1.807) is 23.5 Å². The number of thiol groups is 2. The highest BCUT2D eigenvalue weighted by Gasteiger charge is 2.10. The second kappa shape index (κ2) is 26.4. The van der Waals surface area contributed by atoms with E-state index in [2.05, 4.69) is 25.3 Å². The molecule has 4 atom stereocenters. The smallest absolute Gasteiger partial charge is 0.321 e. The molecule has 0 amide bonds. The van der Waals surface area contributed by atoms with Gasteiger partial charge in [0.25, 0.3) is 0 Å². The first-order valence-electron chi connectivity index (χ1n) is 8.86. The number of hydrogen-bond donors (Lipinski definition) is 10. The maximum absolute atomic E-state index is 10.1. The predicted molar refractivity (Wildman–Crippen MR) is 136 cm³/mol. The van der Waals surface area contributed by atoms with Gasteiger partial charge in [0, 0.05) is 11.5 Å². The van der Waals surface area contributed by atoms with Crippen LogP contribution in [0.2, 0.25) is 0 Å². The van der Waals surface area contributed by atoms with Gasteiger partial charge in [-0.05, 0) is 36.9 Å². The van der Waals surface area contributed by atoms with Gasteiger partial charge in [0.2, 0.25) is 0 Å². The molecule has 0 aliphatic carbocycles. The zero-order chi connectivity index (χ0) is 26.3. The first-order chi connectivity index (χ1) is 14.7. The molecule has 12 N–H and O–H groups in total. The Balaban J connectivity index is -0.000000165. The second-order valence-electron chi connectivity index (χ2n) is 5.71. The Morgan fingerprint density at radius 3 is 0.938 bits per heavy atom. The minimum atomic E-state index is -1.00. The Morgan fingerprint density at radius 2 is 0.844 bits per heavy atom. The number of hydrogen-bond acceptors (Lipinski definition) is 12. The van der Waals surface area contributed by atoms with Gasteiger partial charge in [-0.25, -0.2) is 0 Å². The van der Waals surface area contributed by atoms with Crippen molar-refractivity contribution in [3.63, 3.8) is 0 Å².